The van der Waals surface area contributed by atoms with Gasteiger partial charge >= 0.3 is 0 Å². The Morgan fingerprint density at radius 3 is 2.36 bits per heavy atom. The van der Waals surface area contributed by atoms with Crippen molar-refractivity contribution < 1.29 is 9.59 Å². The highest BCUT2D eigenvalue weighted by atomic mass is 16.2. The number of aromatic nitrogens is 2. The molecule has 25 heavy (non-hydrogen) atoms. The molecule has 2 fully saturated rings. The Hall–Kier alpha value is -2.38. The van der Waals surface area contributed by atoms with Crippen LogP contribution in [0.4, 0.5) is 11.8 Å². The number of nitrogens with one attached hydrogen (secondary N) is 3. The highest BCUT2D eigenvalue weighted by molar-refractivity contribution is 5.97. The van der Waals surface area contributed by atoms with Crippen LogP contribution in [0.5, 0.6) is 0 Å². The zero-order valence-corrected chi connectivity index (χ0v) is 14.5. The number of hydrogen-bond acceptors (Lipinski definition) is 6. The van der Waals surface area contributed by atoms with Gasteiger partial charge in [0, 0.05) is 30.7 Å². The predicted octanol–water partition coefficient (Wildman–Crippen LogP) is 1.26. The van der Waals surface area contributed by atoms with Crippen molar-refractivity contribution in [3.05, 3.63) is 11.8 Å². The van der Waals surface area contributed by atoms with E-state index in [0.717, 1.165) is 38.5 Å². The number of primary amides is 1. The molecule has 8 heteroatoms. The molecule has 0 atom stereocenters. The number of nitrogens with zero attached hydrogens (tertiary/aromatic N) is 2. The van der Waals surface area contributed by atoms with E-state index < -0.39 is 5.91 Å². The maximum Gasteiger partial charge on any atom is 0.254 e. The van der Waals surface area contributed by atoms with Crippen molar-refractivity contribution in [2.24, 2.45) is 11.7 Å². The second kappa shape index (κ2) is 7.67. The van der Waals surface area contributed by atoms with E-state index in [2.05, 4.69) is 25.9 Å². The minimum absolute atomic E-state index is 0.0751. The largest absolute Gasteiger partial charge is 0.367 e. The number of carbonyl (C=O) groups excluding carboxylic acids is 2. The first-order valence-electron chi connectivity index (χ1n) is 9.04. The summed E-state index contributed by atoms with van der Waals surface area (Å²) in [6.45, 7) is 2.59. The van der Waals surface area contributed by atoms with Crippen molar-refractivity contribution in [2.75, 3.05) is 17.2 Å². The van der Waals surface area contributed by atoms with E-state index in [-0.39, 0.29) is 17.9 Å². The van der Waals surface area contributed by atoms with Gasteiger partial charge in [-0.2, -0.15) is 4.98 Å². The summed E-state index contributed by atoms with van der Waals surface area (Å²) in [4.78, 5) is 32.2. The Bertz CT molecular complexity index is 638. The number of rotatable bonds is 7. The average Bonchev–Trinajstić information content (AvgIpc) is 3.39. The molecule has 136 valence electrons. The van der Waals surface area contributed by atoms with E-state index in [1.165, 1.54) is 6.20 Å². The predicted molar refractivity (Wildman–Crippen MR) is 95.2 cm³/mol. The summed E-state index contributed by atoms with van der Waals surface area (Å²) in [6, 6.07) is 0.604. The number of anilines is 2. The molecule has 0 unspecified atom stereocenters. The zero-order valence-electron chi connectivity index (χ0n) is 14.5. The first kappa shape index (κ1) is 17.4. The average molecular weight is 346 g/mol. The first-order valence-corrected chi connectivity index (χ1v) is 9.04. The topological polar surface area (TPSA) is 122 Å². The molecule has 2 aliphatic rings. The summed E-state index contributed by atoms with van der Waals surface area (Å²) in [7, 11) is 0. The number of nitrogens with two attached hydrogens (primary N) is 1. The Labute approximate surface area is 147 Å². The van der Waals surface area contributed by atoms with Gasteiger partial charge in [-0.15, -0.1) is 0 Å². The fourth-order valence-corrected chi connectivity index (χ4v) is 3.16. The third-order valence-corrected chi connectivity index (χ3v) is 4.75. The quantitative estimate of drug-likeness (QED) is 0.589. The number of amides is 2. The van der Waals surface area contributed by atoms with Crippen LogP contribution in [0.3, 0.4) is 0 Å². The second-order valence-corrected chi connectivity index (χ2v) is 6.83. The van der Waals surface area contributed by atoms with Gasteiger partial charge < -0.3 is 21.7 Å². The van der Waals surface area contributed by atoms with Crippen LogP contribution in [0.2, 0.25) is 0 Å². The van der Waals surface area contributed by atoms with Crippen molar-refractivity contribution in [1.29, 1.82) is 0 Å². The molecule has 0 radical (unpaired) electrons. The van der Waals surface area contributed by atoms with Gasteiger partial charge in [0.1, 0.15) is 5.82 Å². The molecule has 5 N–H and O–H groups in total. The van der Waals surface area contributed by atoms with Crippen LogP contribution in [-0.4, -0.2) is 40.4 Å². The molecule has 2 amide bonds. The van der Waals surface area contributed by atoms with Gasteiger partial charge in [-0.3, -0.25) is 9.59 Å². The van der Waals surface area contributed by atoms with Crippen LogP contribution in [0.25, 0.3) is 0 Å². The van der Waals surface area contributed by atoms with Gasteiger partial charge in [0.15, 0.2) is 0 Å². The van der Waals surface area contributed by atoms with Crippen molar-refractivity contribution in [1.82, 2.24) is 15.3 Å². The summed E-state index contributed by atoms with van der Waals surface area (Å²) in [5.74, 6) is 0.664. The minimum Gasteiger partial charge on any atom is -0.367 e. The normalized spacial score (nSPS) is 22.9. The SMILES string of the molecule is CCNC(=O)[C@H]1CC[C@H](Nc2nc(NC3CC3)ncc2C(N)=O)CC1. The van der Waals surface area contributed by atoms with E-state index in [0.29, 0.717) is 29.9 Å². The Morgan fingerprint density at radius 1 is 1.12 bits per heavy atom. The lowest BCUT2D eigenvalue weighted by molar-refractivity contribution is -0.125. The minimum atomic E-state index is -0.545. The maximum atomic E-state index is 11.9. The molecule has 0 bridgehead atoms. The maximum absolute atomic E-state index is 11.9. The fraction of sp³-hybridized carbons (Fsp3) is 0.647. The second-order valence-electron chi connectivity index (χ2n) is 6.83. The third-order valence-electron chi connectivity index (χ3n) is 4.75. The summed E-state index contributed by atoms with van der Waals surface area (Å²) >= 11 is 0. The summed E-state index contributed by atoms with van der Waals surface area (Å²) in [5, 5.41) is 9.45. The van der Waals surface area contributed by atoms with Crippen LogP contribution < -0.4 is 21.7 Å². The Balaban J connectivity index is 1.63. The van der Waals surface area contributed by atoms with Crippen LogP contribution in [0, 0.1) is 5.92 Å². The van der Waals surface area contributed by atoms with Crippen molar-refractivity contribution >= 4 is 23.6 Å². The molecular weight excluding hydrogens is 320 g/mol. The lowest BCUT2D eigenvalue weighted by Crippen LogP contribution is -2.36. The lowest BCUT2D eigenvalue weighted by Gasteiger charge is -2.29. The molecule has 1 aromatic rings. The lowest BCUT2D eigenvalue weighted by atomic mass is 9.85. The highest BCUT2D eigenvalue weighted by Crippen LogP contribution is 2.28. The molecule has 2 saturated carbocycles. The van der Waals surface area contributed by atoms with Crippen LogP contribution in [0.15, 0.2) is 6.20 Å². The van der Waals surface area contributed by atoms with Crippen LogP contribution in [-0.2, 0) is 4.79 Å². The third kappa shape index (κ3) is 4.58. The van der Waals surface area contributed by atoms with E-state index in [1.807, 2.05) is 6.92 Å². The molecular formula is C17H26N6O2. The smallest absolute Gasteiger partial charge is 0.254 e. The Kier molecular flexibility index (Phi) is 5.35. The molecule has 0 spiro atoms. The standard InChI is InChI=1S/C17H26N6O2/c1-2-19-16(25)10-3-5-11(6-4-10)21-15-13(14(18)24)9-20-17(23-15)22-12-7-8-12/h9-12H,2-8H2,1H3,(H2,18,24)(H,19,25)(H2,20,21,22,23)/t10-,11-. The fourth-order valence-electron chi connectivity index (χ4n) is 3.16. The molecule has 0 aliphatic heterocycles. The van der Waals surface area contributed by atoms with E-state index in [9.17, 15) is 9.59 Å². The Morgan fingerprint density at radius 2 is 1.76 bits per heavy atom. The van der Waals surface area contributed by atoms with Gasteiger partial charge in [0.2, 0.25) is 11.9 Å². The van der Waals surface area contributed by atoms with Crippen LogP contribution in [0.1, 0.15) is 55.8 Å². The monoisotopic (exact) mass is 346 g/mol. The van der Waals surface area contributed by atoms with Gasteiger partial charge in [-0.05, 0) is 45.4 Å². The van der Waals surface area contributed by atoms with Gasteiger partial charge in [0.05, 0.1) is 5.56 Å². The van der Waals surface area contributed by atoms with E-state index in [1.54, 1.807) is 0 Å². The highest BCUT2D eigenvalue weighted by Gasteiger charge is 2.27. The van der Waals surface area contributed by atoms with E-state index >= 15 is 0 Å². The molecule has 8 nitrogen and oxygen atoms in total. The summed E-state index contributed by atoms with van der Waals surface area (Å²) < 4.78 is 0. The zero-order chi connectivity index (χ0) is 17.8. The van der Waals surface area contributed by atoms with Gasteiger partial charge in [0.25, 0.3) is 5.91 Å². The number of carbonyl (C=O) groups is 2. The number of hydrogen-bond donors (Lipinski definition) is 4. The van der Waals surface area contributed by atoms with E-state index in [4.69, 9.17) is 5.73 Å². The molecule has 0 aromatic carbocycles. The van der Waals surface area contributed by atoms with Crippen molar-refractivity contribution in [2.45, 2.75) is 57.5 Å². The molecule has 1 aromatic heterocycles. The molecule has 2 aliphatic carbocycles. The van der Waals surface area contributed by atoms with Gasteiger partial charge in [-0.25, -0.2) is 4.98 Å². The summed E-state index contributed by atoms with van der Waals surface area (Å²) in [5.41, 5.74) is 5.74. The van der Waals surface area contributed by atoms with Crippen molar-refractivity contribution in [3.63, 3.8) is 0 Å². The molecule has 0 saturated heterocycles. The van der Waals surface area contributed by atoms with Crippen LogP contribution >= 0.6 is 0 Å². The van der Waals surface area contributed by atoms with Gasteiger partial charge in [-0.1, -0.05) is 0 Å². The van der Waals surface area contributed by atoms with Crippen molar-refractivity contribution in [3.8, 4) is 0 Å². The molecule has 1 heterocycles. The summed E-state index contributed by atoms with van der Waals surface area (Å²) in [6.07, 6.45) is 7.08. The molecule has 3 rings (SSSR count). The first-order chi connectivity index (χ1) is 12.1.